The van der Waals surface area contributed by atoms with Crippen molar-refractivity contribution in [3.63, 3.8) is 0 Å². The largest absolute Gasteiger partial charge is 0.479 e. The van der Waals surface area contributed by atoms with Crippen molar-refractivity contribution in [1.29, 1.82) is 0 Å². The van der Waals surface area contributed by atoms with Crippen molar-refractivity contribution in [3.8, 4) is 0 Å². The van der Waals surface area contributed by atoms with Gasteiger partial charge in [-0.05, 0) is 6.42 Å². The average molecular weight is 618 g/mol. The lowest BCUT2D eigenvalue weighted by Gasteiger charge is -2.54. The molecule has 3 rings (SSSR count). The van der Waals surface area contributed by atoms with Crippen molar-refractivity contribution in [2.45, 2.75) is 117 Å². The number of carbonyl (C=O) groups is 1. The number of rotatable bonds is 11. The van der Waals surface area contributed by atoms with Crippen LogP contribution in [0.5, 0.6) is 0 Å². The van der Waals surface area contributed by atoms with Crippen molar-refractivity contribution in [3.05, 3.63) is 0 Å². The third-order valence-corrected chi connectivity index (χ3v) is 8.14. The Bertz CT molecular complexity index is 904. The van der Waals surface area contributed by atoms with Gasteiger partial charge in [0.15, 0.2) is 30.1 Å². The third kappa shape index (κ3) is 6.04. The molecule has 3 heterocycles. The minimum atomic E-state index is -2.94. The number of aliphatic hydroxyl groups is 9. The van der Waals surface area contributed by atoms with Gasteiger partial charge >= 0.3 is 5.97 Å². The predicted molar refractivity (Wildman–Crippen MR) is 134 cm³/mol. The molecule has 0 aromatic heterocycles. The minimum absolute atomic E-state index is 0.0496. The maximum atomic E-state index is 12.1. The first-order chi connectivity index (χ1) is 19.6. The summed E-state index contributed by atoms with van der Waals surface area (Å²) in [6, 6.07) is -4.48. The van der Waals surface area contributed by atoms with E-state index in [9.17, 15) is 55.9 Å². The monoisotopic (exact) mass is 617 g/mol. The third-order valence-electron chi connectivity index (χ3n) is 8.14. The summed E-state index contributed by atoms with van der Waals surface area (Å²) in [4.78, 5) is 12.1. The Morgan fingerprint density at radius 3 is 1.83 bits per heavy atom. The lowest BCUT2D eigenvalue weighted by Crippen LogP contribution is -2.78. The number of hydrogen-bond donors (Lipinski definition) is 13. The molecule has 19 nitrogen and oxygen atoms in total. The molecule has 0 aromatic rings. The number of aliphatic hydroxyl groups excluding tert-OH is 8. The Morgan fingerprint density at radius 1 is 0.833 bits per heavy atom. The van der Waals surface area contributed by atoms with Gasteiger partial charge in [-0.1, -0.05) is 13.3 Å². The zero-order valence-electron chi connectivity index (χ0n) is 22.8. The summed E-state index contributed by atoms with van der Waals surface area (Å²) < 4.78 is 27.8. The second-order valence-corrected chi connectivity index (χ2v) is 10.8. The number of hydrogen-bond acceptors (Lipinski definition) is 18. The minimum Gasteiger partial charge on any atom is -0.479 e. The Hall–Kier alpha value is -1.21. The molecule has 0 bridgehead atoms. The molecule has 16 atom stereocenters. The second kappa shape index (κ2) is 13.8. The lowest BCUT2D eigenvalue weighted by molar-refractivity contribution is -0.378. The van der Waals surface area contributed by atoms with Crippen LogP contribution in [0, 0.1) is 0 Å². The van der Waals surface area contributed by atoms with Crippen LogP contribution in [0.25, 0.3) is 0 Å². The fourth-order valence-electron chi connectivity index (χ4n) is 5.54. The van der Waals surface area contributed by atoms with E-state index in [4.69, 9.17) is 40.9 Å². The number of nitrogens with two attached hydrogens (primary N) is 3. The lowest BCUT2D eigenvalue weighted by atomic mass is 9.71. The quantitative estimate of drug-likeness (QED) is 0.102. The van der Waals surface area contributed by atoms with E-state index in [1.54, 1.807) is 0 Å². The molecular formula is C23H43N3O16. The molecule has 246 valence electrons. The van der Waals surface area contributed by atoms with Crippen LogP contribution >= 0.6 is 0 Å². The first-order valence-corrected chi connectivity index (χ1v) is 13.4. The fraction of sp³-hybridized carbons (Fsp3) is 0.957. The van der Waals surface area contributed by atoms with Gasteiger partial charge in [0.2, 0.25) is 0 Å². The van der Waals surface area contributed by atoms with Gasteiger partial charge in [0.25, 0.3) is 0 Å². The molecule has 0 saturated carbocycles. The van der Waals surface area contributed by atoms with Gasteiger partial charge in [0.1, 0.15) is 48.8 Å². The van der Waals surface area contributed by atoms with Crippen molar-refractivity contribution in [2.75, 3.05) is 19.8 Å². The first kappa shape index (κ1) is 35.3. The van der Waals surface area contributed by atoms with Crippen LogP contribution < -0.4 is 17.2 Å². The SMILES string of the molecule is CCCC(O)(C(=O)O)[C@]1(CO)O[C@H](OC2[C@@H](CO)O[C@@H](OC3[C@@H](CO)O[C@@H](O)[C@H](N)[C@H]3O)[C@H](N)[C@H]2O)[C@H](N)[C@@H](O)[C@@H]1O. The van der Waals surface area contributed by atoms with Gasteiger partial charge in [-0.2, -0.15) is 0 Å². The second-order valence-electron chi connectivity index (χ2n) is 10.8. The van der Waals surface area contributed by atoms with Crippen LogP contribution in [0.2, 0.25) is 0 Å². The highest BCUT2D eigenvalue weighted by Crippen LogP contribution is 2.42. The van der Waals surface area contributed by atoms with Gasteiger partial charge < -0.3 is 92.0 Å². The van der Waals surface area contributed by atoms with Crippen molar-refractivity contribution in [2.24, 2.45) is 17.2 Å². The Kier molecular flexibility index (Phi) is 11.6. The summed E-state index contributed by atoms with van der Waals surface area (Å²) in [6.07, 6.45) is -18.9. The van der Waals surface area contributed by atoms with Gasteiger partial charge in [-0.25, -0.2) is 4.79 Å². The van der Waals surface area contributed by atoms with E-state index in [1.807, 2.05) is 0 Å². The molecule has 3 fully saturated rings. The average Bonchev–Trinajstić information content (AvgIpc) is 2.96. The summed E-state index contributed by atoms with van der Waals surface area (Å²) in [5.74, 6) is -1.88. The smallest absolute Gasteiger partial charge is 0.338 e. The van der Waals surface area contributed by atoms with E-state index < -0.39 is 129 Å². The zero-order chi connectivity index (χ0) is 31.7. The van der Waals surface area contributed by atoms with Crippen molar-refractivity contribution < 1.29 is 79.5 Å². The number of aliphatic carboxylic acids is 1. The molecular weight excluding hydrogens is 574 g/mol. The maximum absolute atomic E-state index is 12.1. The highest BCUT2D eigenvalue weighted by Gasteiger charge is 2.67. The first-order valence-electron chi connectivity index (χ1n) is 13.4. The highest BCUT2D eigenvalue weighted by atomic mass is 16.7. The molecule has 3 aliphatic heterocycles. The molecule has 3 unspecified atom stereocenters. The Labute approximate surface area is 239 Å². The van der Waals surface area contributed by atoms with Crippen LogP contribution in [-0.2, 0) is 28.5 Å². The fourth-order valence-corrected chi connectivity index (χ4v) is 5.54. The Morgan fingerprint density at radius 2 is 1.33 bits per heavy atom. The van der Waals surface area contributed by atoms with Crippen LogP contribution in [-0.4, -0.2) is 174 Å². The van der Waals surface area contributed by atoms with E-state index in [-0.39, 0.29) is 6.42 Å². The van der Waals surface area contributed by atoms with Gasteiger partial charge in [0, 0.05) is 0 Å². The molecule has 0 aliphatic carbocycles. The topological polar surface area (TPSA) is 344 Å². The van der Waals surface area contributed by atoms with Crippen molar-refractivity contribution >= 4 is 5.97 Å². The number of ether oxygens (including phenoxy) is 5. The van der Waals surface area contributed by atoms with Crippen LogP contribution in [0.1, 0.15) is 19.8 Å². The van der Waals surface area contributed by atoms with Crippen LogP contribution in [0.15, 0.2) is 0 Å². The molecule has 0 aromatic carbocycles. The van der Waals surface area contributed by atoms with Gasteiger partial charge in [-0.15, -0.1) is 0 Å². The molecule has 19 heteroatoms. The summed E-state index contributed by atoms with van der Waals surface area (Å²) in [6.45, 7) is -1.36. The standard InChI is InChI=1S/C23H43N3O16/c1-2-3-22(37,21(35)36)23(6-29)17(33)14(32)11(26)20(42-23)41-16-8(5-28)39-19(10(25)13(16)31)40-15-7(4-27)38-18(34)9(24)12(15)30/h7-20,27-34,37H,2-6,24-26H2,1H3,(H,35,36)/t7-,8-,9-,10-,11-,12-,13-,14-,15?,16?,17+,18-,19+,20+,22?,23-/m1/s1. The molecule has 16 N–H and O–H groups in total. The summed E-state index contributed by atoms with van der Waals surface area (Å²) in [5.41, 5.74) is 12.1. The maximum Gasteiger partial charge on any atom is 0.338 e. The number of carboxylic acids is 1. The highest BCUT2D eigenvalue weighted by molar-refractivity contribution is 5.79. The van der Waals surface area contributed by atoms with Gasteiger partial charge in [0.05, 0.1) is 37.9 Å². The molecule has 0 spiro atoms. The zero-order valence-corrected chi connectivity index (χ0v) is 22.8. The van der Waals surface area contributed by atoms with E-state index >= 15 is 0 Å². The summed E-state index contributed by atoms with van der Waals surface area (Å²) in [5, 5.41) is 103. The Balaban J connectivity index is 1.86. The molecule has 42 heavy (non-hydrogen) atoms. The summed E-state index contributed by atoms with van der Waals surface area (Å²) >= 11 is 0. The molecule has 3 saturated heterocycles. The van der Waals surface area contributed by atoms with Crippen molar-refractivity contribution in [1.82, 2.24) is 0 Å². The molecule has 0 amide bonds. The van der Waals surface area contributed by atoms with E-state index in [0.717, 1.165) is 0 Å². The van der Waals surface area contributed by atoms with E-state index in [0.29, 0.717) is 0 Å². The normalized spacial score (nSPS) is 48.0. The predicted octanol–water partition coefficient (Wildman–Crippen LogP) is -7.69. The summed E-state index contributed by atoms with van der Waals surface area (Å²) in [7, 11) is 0. The van der Waals surface area contributed by atoms with E-state index in [1.165, 1.54) is 6.92 Å². The van der Waals surface area contributed by atoms with Crippen LogP contribution in [0.4, 0.5) is 0 Å². The van der Waals surface area contributed by atoms with Crippen LogP contribution in [0.3, 0.4) is 0 Å². The molecule has 3 aliphatic rings. The molecule has 0 radical (unpaired) electrons. The van der Waals surface area contributed by atoms with E-state index in [2.05, 4.69) is 0 Å². The van der Waals surface area contributed by atoms with Gasteiger partial charge in [-0.3, -0.25) is 0 Å². The number of carboxylic acid groups (broad SMARTS) is 1.